The van der Waals surface area contributed by atoms with Crippen LogP contribution in [-0.2, 0) is 17.6 Å². The summed E-state index contributed by atoms with van der Waals surface area (Å²) in [4.78, 5) is 37.6. The van der Waals surface area contributed by atoms with Crippen LogP contribution < -0.4 is 5.32 Å². The molecule has 0 radical (unpaired) electrons. The van der Waals surface area contributed by atoms with Crippen molar-refractivity contribution < 1.29 is 9.59 Å². The van der Waals surface area contributed by atoms with E-state index in [1.807, 2.05) is 43.3 Å². The van der Waals surface area contributed by atoms with Gasteiger partial charge in [0.05, 0.1) is 12.0 Å². The molecule has 0 amide bonds. The van der Waals surface area contributed by atoms with Gasteiger partial charge in [0.2, 0.25) is 0 Å². The zero-order chi connectivity index (χ0) is 19.8. The molecule has 0 fully saturated rings. The van der Waals surface area contributed by atoms with Crippen LogP contribution >= 0.6 is 0 Å². The quantitative estimate of drug-likeness (QED) is 0.571. The molecule has 0 saturated heterocycles. The summed E-state index contributed by atoms with van der Waals surface area (Å²) in [5.41, 5.74) is 2.02. The van der Waals surface area contributed by atoms with Gasteiger partial charge < -0.3 is 5.32 Å². The van der Waals surface area contributed by atoms with Crippen LogP contribution in [0.25, 0.3) is 0 Å². The van der Waals surface area contributed by atoms with Crippen molar-refractivity contribution in [2.45, 2.75) is 32.6 Å². The molecule has 3 aromatic rings. The van der Waals surface area contributed by atoms with E-state index >= 15 is 0 Å². The minimum absolute atomic E-state index is 0.0857. The Kier molecular flexibility index (Phi) is 6.57. The number of benzene rings is 1. The number of nitrogens with one attached hydrogen (secondary N) is 1. The Morgan fingerprint density at radius 2 is 1.82 bits per heavy atom. The van der Waals surface area contributed by atoms with Crippen LogP contribution in [-0.4, -0.2) is 26.5 Å². The Labute approximate surface area is 164 Å². The first kappa shape index (κ1) is 19.4. The summed E-state index contributed by atoms with van der Waals surface area (Å²) in [5, 5.41) is 3.19. The number of aromatic nitrogens is 3. The van der Waals surface area contributed by atoms with Crippen LogP contribution in [0.2, 0.25) is 0 Å². The van der Waals surface area contributed by atoms with Crippen molar-refractivity contribution in [1.82, 2.24) is 15.0 Å². The van der Waals surface area contributed by atoms with E-state index in [4.69, 9.17) is 0 Å². The fourth-order valence-corrected chi connectivity index (χ4v) is 2.79. The first-order valence-corrected chi connectivity index (χ1v) is 9.27. The van der Waals surface area contributed by atoms with Gasteiger partial charge in [-0.2, -0.15) is 0 Å². The largest absolute Gasteiger partial charge is 0.340 e. The molecular weight excluding hydrogens is 352 g/mol. The molecule has 0 spiro atoms. The Bertz CT molecular complexity index is 943. The van der Waals surface area contributed by atoms with E-state index in [2.05, 4.69) is 20.3 Å². The molecule has 0 aliphatic heterocycles. The lowest BCUT2D eigenvalue weighted by Gasteiger charge is -2.12. The summed E-state index contributed by atoms with van der Waals surface area (Å²) < 4.78 is 0. The number of nitrogens with zero attached hydrogens (tertiary/aromatic N) is 3. The summed E-state index contributed by atoms with van der Waals surface area (Å²) in [7, 11) is 0. The van der Waals surface area contributed by atoms with Gasteiger partial charge in [-0.1, -0.05) is 31.2 Å². The lowest BCUT2D eigenvalue weighted by atomic mass is 10.1. The predicted octanol–water partition coefficient (Wildman–Crippen LogP) is 3.95. The van der Waals surface area contributed by atoms with Gasteiger partial charge in [-0.3, -0.25) is 14.6 Å². The highest BCUT2D eigenvalue weighted by Gasteiger charge is 2.17. The highest BCUT2D eigenvalue weighted by molar-refractivity contribution is 6.01. The average molecular weight is 374 g/mol. The van der Waals surface area contributed by atoms with Crippen molar-refractivity contribution in [2.75, 3.05) is 5.32 Å². The Morgan fingerprint density at radius 3 is 2.54 bits per heavy atom. The topological polar surface area (TPSA) is 84.8 Å². The van der Waals surface area contributed by atoms with E-state index in [-0.39, 0.29) is 24.4 Å². The first-order chi connectivity index (χ1) is 13.7. The third-order valence-electron chi connectivity index (χ3n) is 4.15. The van der Waals surface area contributed by atoms with Gasteiger partial charge >= 0.3 is 0 Å². The van der Waals surface area contributed by atoms with Gasteiger partial charge in [-0.15, -0.1) is 0 Å². The molecule has 2 heterocycles. The molecule has 1 N–H and O–H groups in total. The molecule has 0 unspecified atom stereocenters. The van der Waals surface area contributed by atoms with Crippen molar-refractivity contribution in [3.8, 4) is 0 Å². The van der Waals surface area contributed by atoms with E-state index in [0.29, 0.717) is 23.6 Å². The maximum Gasteiger partial charge on any atom is 0.172 e. The van der Waals surface area contributed by atoms with Crippen molar-refractivity contribution in [3.63, 3.8) is 0 Å². The van der Waals surface area contributed by atoms with Crippen LogP contribution in [0.15, 0.2) is 61.1 Å². The zero-order valence-corrected chi connectivity index (χ0v) is 15.8. The molecule has 142 valence electrons. The number of para-hydroxylation sites is 1. The maximum atomic E-state index is 12.8. The van der Waals surface area contributed by atoms with Gasteiger partial charge in [0.25, 0.3) is 0 Å². The second-order valence-corrected chi connectivity index (χ2v) is 6.47. The molecule has 6 nitrogen and oxygen atoms in total. The highest BCUT2D eigenvalue weighted by Crippen LogP contribution is 2.20. The SMILES string of the molecule is CCCC(=O)Cc1ncc(C(=O)Cc2cccnc2)c(Nc2ccccc2)n1. The van der Waals surface area contributed by atoms with Gasteiger partial charge in [0.15, 0.2) is 5.78 Å². The fourth-order valence-electron chi connectivity index (χ4n) is 2.79. The van der Waals surface area contributed by atoms with E-state index in [9.17, 15) is 9.59 Å². The number of ketones is 2. The maximum absolute atomic E-state index is 12.8. The van der Waals surface area contributed by atoms with Crippen LogP contribution in [0.4, 0.5) is 11.5 Å². The fraction of sp³-hybridized carbons (Fsp3) is 0.227. The van der Waals surface area contributed by atoms with Gasteiger partial charge in [-0.25, -0.2) is 9.97 Å². The lowest BCUT2D eigenvalue weighted by Crippen LogP contribution is -2.13. The van der Waals surface area contributed by atoms with Crippen molar-refractivity contribution in [3.05, 3.63) is 78.0 Å². The normalized spacial score (nSPS) is 10.5. The monoisotopic (exact) mass is 374 g/mol. The predicted molar refractivity (Wildman–Crippen MR) is 108 cm³/mol. The number of rotatable bonds is 9. The Morgan fingerprint density at radius 1 is 1.00 bits per heavy atom. The number of hydrogen-bond donors (Lipinski definition) is 1. The summed E-state index contributed by atoms with van der Waals surface area (Å²) in [5.74, 6) is 0.796. The molecular formula is C22H22N4O2. The summed E-state index contributed by atoms with van der Waals surface area (Å²) in [6.07, 6.45) is 6.49. The number of hydrogen-bond acceptors (Lipinski definition) is 6. The van der Waals surface area contributed by atoms with Crippen molar-refractivity contribution in [2.24, 2.45) is 0 Å². The van der Waals surface area contributed by atoms with E-state index in [1.54, 1.807) is 18.5 Å². The molecule has 0 aliphatic rings. The number of carbonyl (C=O) groups is 2. The molecule has 2 aromatic heterocycles. The molecule has 28 heavy (non-hydrogen) atoms. The van der Waals surface area contributed by atoms with Crippen LogP contribution in [0.5, 0.6) is 0 Å². The summed E-state index contributed by atoms with van der Waals surface area (Å²) >= 11 is 0. The number of pyridine rings is 1. The van der Waals surface area contributed by atoms with Crippen LogP contribution in [0.1, 0.15) is 41.5 Å². The number of carbonyl (C=O) groups excluding carboxylic acids is 2. The molecule has 1 aromatic carbocycles. The molecule has 3 rings (SSSR count). The van der Waals surface area contributed by atoms with Crippen LogP contribution in [0, 0.1) is 0 Å². The van der Waals surface area contributed by atoms with Crippen LogP contribution in [0.3, 0.4) is 0 Å². The summed E-state index contributed by atoms with van der Waals surface area (Å²) in [6, 6.07) is 13.1. The smallest absolute Gasteiger partial charge is 0.172 e. The molecule has 0 bridgehead atoms. The number of Topliss-reactive ketones (excluding diaryl/α,β-unsaturated/α-hetero) is 2. The van der Waals surface area contributed by atoms with E-state index < -0.39 is 0 Å². The number of anilines is 2. The third kappa shape index (κ3) is 5.30. The second-order valence-electron chi connectivity index (χ2n) is 6.47. The minimum atomic E-state index is -0.113. The average Bonchev–Trinajstić information content (AvgIpc) is 2.70. The zero-order valence-electron chi connectivity index (χ0n) is 15.8. The molecule has 0 aliphatic carbocycles. The molecule has 0 saturated carbocycles. The highest BCUT2D eigenvalue weighted by atomic mass is 16.1. The summed E-state index contributed by atoms with van der Waals surface area (Å²) in [6.45, 7) is 1.96. The van der Waals surface area contributed by atoms with Gasteiger partial charge in [0, 0.05) is 37.1 Å². The van der Waals surface area contributed by atoms with Crippen molar-refractivity contribution in [1.29, 1.82) is 0 Å². The molecule has 0 atom stereocenters. The molecule has 6 heteroatoms. The standard InChI is InChI=1S/C22H22N4O2/c1-2-7-18(27)13-21-24-15-19(20(28)12-16-8-6-11-23-14-16)22(26-21)25-17-9-4-3-5-10-17/h3-6,8-11,14-15H,2,7,12-13H2,1H3,(H,24,25,26). The van der Waals surface area contributed by atoms with Gasteiger partial charge in [-0.05, 0) is 30.2 Å². The first-order valence-electron chi connectivity index (χ1n) is 9.27. The van der Waals surface area contributed by atoms with Gasteiger partial charge in [0.1, 0.15) is 17.4 Å². The van der Waals surface area contributed by atoms with Crippen molar-refractivity contribution >= 4 is 23.1 Å². The second kappa shape index (κ2) is 9.50. The Balaban J connectivity index is 1.88. The van der Waals surface area contributed by atoms with E-state index in [0.717, 1.165) is 17.7 Å². The lowest BCUT2D eigenvalue weighted by molar-refractivity contribution is -0.118. The van der Waals surface area contributed by atoms with E-state index in [1.165, 1.54) is 6.20 Å². The third-order valence-corrected chi connectivity index (χ3v) is 4.15. The minimum Gasteiger partial charge on any atom is -0.340 e. The Hall–Kier alpha value is -3.41.